The van der Waals surface area contributed by atoms with Crippen molar-refractivity contribution in [3.63, 3.8) is 0 Å². The maximum absolute atomic E-state index is 14.9. The molecular weight excluding hydrogens is 1530 g/mol. The second kappa shape index (κ2) is 37.4. The number of carbonyl (C=O) groups is 6. The van der Waals surface area contributed by atoms with Gasteiger partial charge in [0, 0.05) is 124 Å². The Labute approximate surface area is 732 Å². The van der Waals surface area contributed by atoms with Crippen LogP contribution in [0.4, 0.5) is 11.9 Å². The van der Waals surface area contributed by atoms with Gasteiger partial charge in [0.15, 0.2) is 8.32 Å². The molecule has 6 unspecified atom stereocenters. The van der Waals surface area contributed by atoms with Gasteiger partial charge in [-0.15, -0.1) is 0 Å². The standard InChI is InChI=1S/C50H68N4O6.C35H66N8.C14H31NO2Si/c1-45(2)25-34(26-46(3,4)30-45)53-38(55)22-31(41(53)57)24-50(10,33-20-16-13-17-21-33)40-36(42(58)52(11)44(40)60)29-49(9,32-18-14-12-15-19-32)37-23-39(56)54(43(37)59)35-27-47(5,6)51-48(7,8)28-35;1-26-36-30(38-27-18-14-13-15-19-27)39-31(37-26)43(29-24-34(6,7)41-35(8,9)25-29)21-17-12-11-16-20-42(10)28-22-32(2,3)40-33(4,5)23-28;1-13(2)10-12(11-14(3,4)15-13)17-8-7-9-18(5,6)16/h12-21,31,34-37,40,51H,22-30H2,1-11H3;27-29,40-41H,11-25H2,1-10H3,(H,36,37,38,39);12,15-16H,7-11H2,1-6H3. The number of ether oxygens (including phenoxy) is 1. The number of aryl methyl sites for hydroxylation is 1. The van der Waals surface area contributed by atoms with Crippen LogP contribution in [0.5, 0.6) is 0 Å². The van der Waals surface area contributed by atoms with Crippen LogP contribution in [0.15, 0.2) is 60.7 Å². The lowest BCUT2D eigenvalue weighted by Gasteiger charge is -2.49. The van der Waals surface area contributed by atoms with E-state index in [0.29, 0.717) is 37.1 Å². The van der Waals surface area contributed by atoms with Gasteiger partial charge in [0.2, 0.25) is 47.3 Å². The van der Waals surface area contributed by atoms with Crippen molar-refractivity contribution in [3.05, 3.63) is 77.6 Å². The van der Waals surface area contributed by atoms with Crippen LogP contribution >= 0.6 is 0 Å². The molecule has 2 aliphatic carbocycles. The summed E-state index contributed by atoms with van der Waals surface area (Å²) in [5.74, 6) is -2.28. The van der Waals surface area contributed by atoms with Crippen LogP contribution < -0.4 is 31.5 Å². The predicted molar refractivity (Wildman–Crippen MR) is 493 cm³/mol. The number of rotatable bonds is 27. The van der Waals surface area contributed by atoms with Gasteiger partial charge < -0.3 is 45.9 Å². The summed E-state index contributed by atoms with van der Waals surface area (Å²) in [4.78, 5) is 121. The monoisotopic (exact) mass is 1690 g/mol. The Bertz CT molecular complexity index is 3970. The van der Waals surface area contributed by atoms with Gasteiger partial charge in [-0.2, -0.15) is 15.0 Å². The van der Waals surface area contributed by atoms with E-state index in [9.17, 15) is 33.6 Å². The summed E-state index contributed by atoms with van der Waals surface area (Å²) < 4.78 is 6.02. The van der Waals surface area contributed by atoms with Gasteiger partial charge in [-0.1, -0.05) is 134 Å². The van der Waals surface area contributed by atoms with Crippen molar-refractivity contribution in [1.29, 1.82) is 0 Å². The van der Waals surface area contributed by atoms with Crippen LogP contribution in [-0.4, -0.2) is 198 Å². The van der Waals surface area contributed by atoms with Crippen molar-refractivity contribution in [2.75, 3.05) is 44.0 Å². The first-order valence-corrected chi connectivity index (χ1v) is 50.1. The highest BCUT2D eigenvalue weighted by atomic mass is 28.4. The SMILES string of the molecule is CC1(C)CC(OCCC[Si](C)(C)O)CC(C)(C)N1.CN1C(=O)C(CC(C)(c2ccccc2)C2CC(=O)N(C3CC(C)(C)NC(C)(C)C3)C2=O)C(C(C)(CC2CC(=O)N(C3CC(C)(C)CC(C)(C)C3)C2=O)c2ccccc2)C1=O.Cc1nc(NC2CCCCC2)nc(N(CCCCCCN(C)C2CC(C)(C)NC(C)(C)C2)C2CC(C)(C)NC(C)(C)C2)n1. The van der Waals surface area contributed by atoms with E-state index in [2.05, 4.69) is 182 Å². The largest absolute Gasteiger partial charge is 0.432 e. The number of nitrogens with one attached hydrogen (secondary N) is 5. The summed E-state index contributed by atoms with van der Waals surface area (Å²) in [5.41, 5.74) is -0.260. The number of anilines is 2. The number of imide groups is 3. The molecule has 6 N–H and O–H groups in total. The first-order valence-electron chi connectivity index (χ1n) is 46.9. The molecule has 1 aromatic heterocycles. The molecule has 121 heavy (non-hydrogen) atoms. The lowest BCUT2D eigenvalue weighted by Crippen LogP contribution is -2.63. The zero-order chi connectivity index (χ0) is 89.5. The molecule has 0 radical (unpaired) electrons. The molecule has 3 aromatic rings. The smallest absolute Gasteiger partial charge is 0.233 e. The molecule has 0 bridgehead atoms. The van der Waals surface area contributed by atoms with Gasteiger partial charge >= 0.3 is 0 Å². The number of likely N-dealkylation sites (tertiary alicyclic amines) is 3. The molecule has 6 amide bonds. The van der Waals surface area contributed by atoms with Gasteiger partial charge in [-0.25, -0.2) is 0 Å². The van der Waals surface area contributed by atoms with Crippen molar-refractivity contribution >= 4 is 55.7 Å². The molecule has 2 aromatic carbocycles. The second-order valence-electron chi connectivity index (χ2n) is 47.4. The van der Waals surface area contributed by atoms with E-state index in [1.807, 2.05) is 94.5 Å². The minimum Gasteiger partial charge on any atom is -0.432 e. The van der Waals surface area contributed by atoms with E-state index in [0.717, 1.165) is 106 Å². The maximum Gasteiger partial charge on any atom is 0.233 e. The highest BCUT2D eigenvalue weighted by Crippen LogP contribution is 2.55. The molecule has 0 spiro atoms. The van der Waals surface area contributed by atoms with E-state index >= 15 is 0 Å². The van der Waals surface area contributed by atoms with E-state index in [4.69, 9.17) is 19.7 Å². The van der Waals surface area contributed by atoms with Gasteiger partial charge in [0.1, 0.15) is 5.82 Å². The predicted octanol–water partition coefficient (Wildman–Crippen LogP) is 17.3. The zero-order valence-corrected chi connectivity index (χ0v) is 81.4. The summed E-state index contributed by atoms with van der Waals surface area (Å²) in [6, 6.07) is 21.2. The number of aromatic nitrogens is 3. The van der Waals surface area contributed by atoms with Gasteiger partial charge in [-0.3, -0.25) is 43.5 Å². The number of hydrogen-bond donors (Lipinski definition) is 6. The molecule has 22 heteroatoms. The number of carbonyl (C=O) groups excluding carboxylic acids is 6. The minimum absolute atomic E-state index is 0.00360. The molecule has 8 heterocycles. The molecule has 9 fully saturated rings. The molecule has 2 saturated carbocycles. The highest BCUT2D eigenvalue weighted by Gasteiger charge is 2.62. The third-order valence-corrected chi connectivity index (χ3v) is 30.2. The fraction of sp³-hybridized carbons (Fsp3) is 0.788. The Balaban J connectivity index is 0.000000218. The number of benzene rings is 2. The summed E-state index contributed by atoms with van der Waals surface area (Å²) in [7, 11) is 1.97. The number of piperidine rings is 4. The normalized spacial score (nSPS) is 27.2. The Hall–Kier alpha value is -5.59. The third kappa shape index (κ3) is 25.6. The first kappa shape index (κ1) is 97.6. The van der Waals surface area contributed by atoms with E-state index < -0.39 is 42.8 Å². The van der Waals surface area contributed by atoms with Crippen LogP contribution in [0.2, 0.25) is 19.1 Å². The maximum atomic E-state index is 14.9. The highest BCUT2D eigenvalue weighted by molar-refractivity contribution is 6.69. The summed E-state index contributed by atoms with van der Waals surface area (Å²) in [6.45, 7) is 57.9. The second-order valence-corrected chi connectivity index (χ2v) is 51.5. The van der Waals surface area contributed by atoms with Crippen molar-refractivity contribution < 1.29 is 38.3 Å². The van der Waals surface area contributed by atoms with E-state index in [1.165, 1.54) is 92.5 Å². The van der Waals surface area contributed by atoms with Gasteiger partial charge in [0.05, 0.1) is 23.9 Å². The molecule has 7 saturated heterocycles. The topological polar surface area (TPSA) is 247 Å². The quantitative estimate of drug-likeness (QED) is 0.0236. The average molecular weight is 1690 g/mol. The first-order chi connectivity index (χ1) is 55.8. The van der Waals surface area contributed by atoms with E-state index in [-0.39, 0.29) is 128 Å². The molecule has 6 atom stereocenters. The van der Waals surface area contributed by atoms with Crippen LogP contribution in [0.1, 0.15) is 330 Å². The lowest BCUT2D eigenvalue weighted by atomic mass is 9.58. The fourth-order valence-electron chi connectivity index (χ4n) is 25.4. The van der Waals surface area contributed by atoms with Crippen LogP contribution in [-0.2, 0) is 44.3 Å². The van der Waals surface area contributed by atoms with Gasteiger partial charge in [-0.05, 0) is 288 Å². The van der Waals surface area contributed by atoms with Crippen LogP contribution in [0.25, 0.3) is 0 Å². The summed E-state index contributed by atoms with van der Waals surface area (Å²) >= 11 is 0. The molecule has 9 aliphatic rings. The van der Waals surface area contributed by atoms with Crippen molar-refractivity contribution in [2.24, 2.45) is 34.5 Å². The van der Waals surface area contributed by atoms with Crippen LogP contribution in [0, 0.1) is 41.4 Å². The molecular formula is C99H165N13O8Si. The number of nitrogens with zero attached hydrogens (tertiary/aromatic N) is 8. The van der Waals surface area contributed by atoms with E-state index in [1.54, 1.807) is 0 Å². The fourth-order valence-corrected chi connectivity index (χ4v) is 26.4. The Morgan fingerprint density at radius 2 is 0.975 bits per heavy atom. The Kier molecular flexibility index (Phi) is 30.1. The third-order valence-electron chi connectivity index (χ3n) is 28.6. The van der Waals surface area contributed by atoms with Crippen molar-refractivity contribution in [1.82, 2.24) is 55.8 Å². The summed E-state index contributed by atoms with van der Waals surface area (Å²) in [5, 5.41) is 18.7. The van der Waals surface area contributed by atoms with Crippen LogP contribution in [0.3, 0.4) is 0 Å². The molecule has 12 rings (SSSR count). The minimum atomic E-state index is -1.89. The van der Waals surface area contributed by atoms with Crippen molar-refractivity contribution in [2.45, 2.75) is 430 Å². The zero-order valence-electron chi connectivity index (χ0n) is 80.4. The lowest BCUT2D eigenvalue weighted by molar-refractivity contribution is -0.147. The summed E-state index contributed by atoms with van der Waals surface area (Å²) in [6.07, 6.45) is 23.5. The number of unbranched alkanes of at least 4 members (excludes halogenated alkanes) is 3. The Morgan fingerprint density at radius 1 is 0.521 bits per heavy atom. The van der Waals surface area contributed by atoms with Crippen molar-refractivity contribution in [3.8, 4) is 0 Å². The molecule has 678 valence electrons. The van der Waals surface area contributed by atoms with Gasteiger partial charge in [0.25, 0.3) is 0 Å². The molecule has 7 aliphatic heterocycles. The average Bonchev–Trinajstić information content (AvgIpc) is 1.57. The Morgan fingerprint density at radius 3 is 1.49 bits per heavy atom. The number of hydrogen-bond acceptors (Lipinski definition) is 18. The number of amides is 6. The molecule has 21 nitrogen and oxygen atoms in total.